The Labute approximate surface area is 173 Å². The monoisotopic (exact) mass is 402 g/mol. The number of nitrogens with zero attached hydrogens (tertiary/aromatic N) is 2. The van der Waals surface area contributed by atoms with Gasteiger partial charge < -0.3 is 9.30 Å². The van der Waals surface area contributed by atoms with Crippen molar-refractivity contribution < 1.29 is 13.5 Å². The Morgan fingerprint density at radius 3 is 2.47 bits per heavy atom. The van der Waals surface area contributed by atoms with E-state index in [0.717, 1.165) is 12.1 Å². The number of fused-ring (bicyclic) bond motifs is 1. The highest BCUT2D eigenvalue weighted by Crippen LogP contribution is 2.28. The SMILES string of the molecule is Cc1cccc2ccn(Cc3ccc(C4COC(c5c(F)cccc5F)=N4)cc3)c12. The van der Waals surface area contributed by atoms with Crippen LogP contribution in [0, 0.1) is 18.6 Å². The number of aliphatic imine (C=N–C) groups is 1. The Morgan fingerprint density at radius 1 is 0.967 bits per heavy atom. The summed E-state index contributed by atoms with van der Waals surface area (Å²) in [4.78, 5) is 4.42. The third-order valence-electron chi connectivity index (χ3n) is 5.54. The van der Waals surface area contributed by atoms with Gasteiger partial charge in [-0.2, -0.15) is 0 Å². The van der Waals surface area contributed by atoms with E-state index in [1.807, 2.05) is 12.1 Å². The molecule has 3 aromatic carbocycles. The molecular formula is C25H20F2N2O. The minimum absolute atomic E-state index is 0.0222. The van der Waals surface area contributed by atoms with Gasteiger partial charge in [0.25, 0.3) is 0 Å². The summed E-state index contributed by atoms with van der Waals surface area (Å²) in [5.41, 5.74) is 4.42. The highest BCUT2D eigenvalue weighted by molar-refractivity contribution is 5.95. The van der Waals surface area contributed by atoms with Crippen LogP contribution in [0.1, 0.15) is 28.3 Å². The molecule has 1 aromatic heterocycles. The number of hydrogen-bond donors (Lipinski definition) is 0. The summed E-state index contributed by atoms with van der Waals surface area (Å²) in [6, 6.07) is 20.1. The second-order valence-corrected chi connectivity index (χ2v) is 7.56. The van der Waals surface area contributed by atoms with Gasteiger partial charge in [-0.05, 0) is 47.2 Å². The average molecular weight is 402 g/mol. The largest absolute Gasteiger partial charge is 0.475 e. The zero-order valence-corrected chi connectivity index (χ0v) is 16.5. The van der Waals surface area contributed by atoms with Crippen LogP contribution in [-0.4, -0.2) is 17.1 Å². The molecule has 5 rings (SSSR count). The van der Waals surface area contributed by atoms with Crippen LogP contribution in [-0.2, 0) is 11.3 Å². The van der Waals surface area contributed by atoms with E-state index in [-0.39, 0.29) is 24.1 Å². The van der Waals surface area contributed by atoms with E-state index >= 15 is 0 Å². The molecule has 3 nitrogen and oxygen atoms in total. The molecule has 0 spiro atoms. The predicted octanol–water partition coefficient (Wildman–Crippen LogP) is 5.79. The third-order valence-corrected chi connectivity index (χ3v) is 5.54. The smallest absolute Gasteiger partial charge is 0.222 e. The number of aromatic nitrogens is 1. The van der Waals surface area contributed by atoms with Crippen molar-refractivity contribution in [3.8, 4) is 0 Å². The van der Waals surface area contributed by atoms with Crippen molar-refractivity contribution in [1.82, 2.24) is 4.57 Å². The molecule has 0 aliphatic carbocycles. The van der Waals surface area contributed by atoms with Gasteiger partial charge in [0.05, 0.1) is 5.52 Å². The standard InChI is InChI=1S/C25H20F2N2O/c1-16-4-2-5-19-12-13-29(24(16)19)14-17-8-10-18(11-9-17)22-15-30-25(28-22)23-20(26)6-3-7-21(23)27/h2-13,22H,14-15H2,1H3. The first kappa shape index (κ1) is 18.6. The lowest BCUT2D eigenvalue weighted by Gasteiger charge is -2.10. The number of ether oxygens (including phenoxy) is 1. The fraction of sp³-hybridized carbons (Fsp3) is 0.160. The van der Waals surface area contributed by atoms with Crippen molar-refractivity contribution in [2.24, 2.45) is 4.99 Å². The van der Waals surface area contributed by atoms with Crippen molar-refractivity contribution in [3.05, 3.63) is 107 Å². The van der Waals surface area contributed by atoms with Crippen molar-refractivity contribution in [2.45, 2.75) is 19.5 Å². The number of para-hydroxylation sites is 1. The number of aryl methyl sites for hydroxylation is 1. The Kier molecular flexibility index (Phi) is 4.58. The minimum atomic E-state index is -0.668. The molecule has 2 heterocycles. The van der Waals surface area contributed by atoms with E-state index in [1.54, 1.807) is 0 Å². The van der Waals surface area contributed by atoms with Crippen LogP contribution in [0.2, 0.25) is 0 Å². The predicted molar refractivity (Wildman–Crippen MR) is 114 cm³/mol. The van der Waals surface area contributed by atoms with Crippen molar-refractivity contribution in [2.75, 3.05) is 6.61 Å². The van der Waals surface area contributed by atoms with Crippen LogP contribution in [0.25, 0.3) is 10.9 Å². The van der Waals surface area contributed by atoms with E-state index in [2.05, 4.69) is 59.1 Å². The number of rotatable bonds is 4. The molecular weight excluding hydrogens is 382 g/mol. The maximum absolute atomic E-state index is 14.0. The topological polar surface area (TPSA) is 26.5 Å². The molecule has 0 saturated carbocycles. The normalized spacial score (nSPS) is 16.0. The van der Waals surface area contributed by atoms with Crippen LogP contribution in [0.5, 0.6) is 0 Å². The van der Waals surface area contributed by atoms with Crippen LogP contribution in [0.3, 0.4) is 0 Å². The maximum atomic E-state index is 14.0. The number of hydrogen-bond acceptors (Lipinski definition) is 2. The molecule has 1 aliphatic heterocycles. The highest BCUT2D eigenvalue weighted by atomic mass is 19.1. The van der Waals surface area contributed by atoms with Crippen LogP contribution >= 0.6 is 0 Å². The van der Waals surface area contributed by atoms with Gasteiger partial charge in [0.1, 0.15) is 29.8 Å². The maximum Gasteiger partial charge on any atom is 0.222 e. The lowest BCUT2D eigenvalue weighted by Crippen LogP contribution is -2.07. The molecule has 30 heavy (non-hydrogen) atoms. The van der Waals surface area contributed by atoms with Crippen LogP contribution in [0.15, 0.2) is 77.9 Å². The zero-order valence-electron chi connectivity index (χ0n) is 16.5. The Morgan fingerprint density at radius 2 is 1.70 bits per heavy atom. The molecule has 5 heteroatoms. The van der Waals surface area contributed by atoms with Crippen molar-refractivity contribution >= 4 is 16.8 Å². The Hall–Kier alpha value is -3.47. The third kappa shape index (κ3) is 3.26. The van der Waals surface area contributed by atoms with Crippen LogP contribution in [0.4, 0.5) is 8.78 Å². The van der Waals surface area contributed by atoms with Gasteiger partial charge in [0, 0.05) is 12.7 Å². The lowest BCUT2D eigenvalue weighted by molar-refractivity contribution is 0.317. The molecule has 0 radical (unpaired) electrons. The average Bonchev–Trinajstić information content (AvgIpc) is 3.37. The molecule has 0 saturated heterocycles. The summed E-state index contributed by atoms with van der Waals surface area (Å²) in [6.45, 7) is 3.16. The summed E-state index contributed by atoms with van der Waals surface area (Å²) in [6.07, 6.45) is 2.11. The number of halogens is 2. The molecule has 4 aromatic rings. The van der Waals surface area contributed by atoms with Gasteiger partial charge in [-0.15, -0.1) is 0 Å². The van der Waals surface area contributed by atoms with E-state index < -0.39 is 11.6 Å². The zero-order chi connectivity index (χ0) is 20.7. The molecule has 1 unspecified atom stereocenters. The summed E-state index contributed by atoms with van der Waals surface area (Å²) in [5.74, 6) is -1.31. The molecule has 150 valence electrons. The van der Waals surface area contributed by atoms with Gasteiger partial charge in [0.2, 0.25) is 5.90 Å². The second kappa shape index (κ2) is 7.41. The molecule has 0 N–H and O–H groups in total. The first-order valence-electron chi connectivity index (χ1n) is 9.88. The van der Waals surface area contributed by atoms with E-state index in [4.69, 9.17) is 4.74 Å². The summed E-state index contributed by atoms with van der Waals surface area (Å²) >= 11 is 0. The van der Waals surface area contributed by atoms with E-state index in [9.17, 15) is 8.78 Å². The minimum Gasteiger partial charge on any atom is -0.475 e. The molecule has 0 bridgehead atoms. The fourth-order valence-corrected chi connectivity index (χ4v) is 4.01. The van der Waals surface area contributed by atoms with Crippen LogP contribution < -0.4 is 0 Å². The molecule has 1 atom stereocenters. The van der Waals surface area contributed by atoms with E-state index in [1.165, 1.54) is 40.2 Å². The molecule has 0 amide bonds. The fourth-order valence-electron chi connectivity index (χ4n) is 4.01. The van der Waals surface area contributed by atoms with Gasteiger partial charge >= 0.3 is 0 Å². The Bertz CT molecular complexity index is 1240. The highest BCUT2D eigenvalue weighted by Gasteiger charge is 2.26. The summed E-state index contributed by atoms with van der Waals surface area (Å²) in [5, 5.41) is 1.23. The van der Waals surface area contributed by atoms with Gasteiger partial charge in [-0.3, -0.25) is 0 Å². The second-order valence-electron chi connectivity index (χ2n) is 7.56. The van der Waals surface area contributed by atoms with Gasteiger partial charge in [0.15, 0.2) is 0 Å². The van der Waals surface area contributed by atoms with Gasteiger partial charge in [-0.25, -0.2) is 13.8 Å². The van der Waals surface area contributed by atoms with Crippen molar-refractivity contribution in [3.63, 3.8) is 0 Å². The first-order chi connectivity index (χ1) is 14.6. The van der Waals surface area contributed by atoms with E-state index in [0.29, 0.717) is 0 Å². The molecule has 0 fully saturated rings. The first-order valence-corrected chi connectivity index (χ1v) is 9.88. The van der Waals surface area contributed by atoms with Gasteiger partial charge in [-0.1, -0.05) is 48.5 Å². The lowest BCUT2D eigenvalue weighted by atomic mass is 10.1. The Balaban J connectivity index is 1.37. The van der Waals surface area contributed by atoms with Crippen molar-refractivity contribution in [1.29, 1.82) is 0 Å². The summed E-state index contributed by atoms with van der Waals surface area (Å²) < 4.78 is 35.8. The molecule has 1 aliphatic rings. The quantitative estimate of drug-likeness (QED) is 0.424. The summed E-state index contributed by atoms with van der Waals surface area (Å²) in [7, 11) is 0. The number of benzene rings is 3.